The van der Waals surface area contributed by atoms with E-state index in [0.29, 0.717) is 49.5 Å². The number of piperazine rings is 1. The van der Waals surface area contributed by atoms with Gasteiger partial charge < -0.3 is 14.5 Å². The van der Waals surface area contributed by atoms with Crippen LogP contribution in [0.4, 0.5) is 9.18 Å². The van der Waals surface area contributed by atoms with Crippen molar-refractivity contribution in [1.82, 2.24) is 14.7 Å². The van der Waals surface area contributed by atoms with Gasteiger partial charge in [-0.1, -0.05) is 24.3 Å². The Morgan fingerprint density at radius 2 is 1.78 bits per heavy atom. The smallest absolute Gasteiger partial charge is 0.293 e. The average molecular weight is 524 g/mol. The fraction of sp³-hybridized carbons (Fsp3) is 0.333. The minimum atomic E-state index is -0.456. The Morgan fingerprint density at radius 3 is 2.51 bits per heavy atom. The highest BCUT2D eigenvalue weighted by Crippen LogP contribution is 2.33. The Balaban J connectivity index is 1.23. The molecule has 10 heteroatoms. The summed E-state index contributed by atoms with van der Waals surface area (Å²) >= 11 is 0.817. The van der Waals surface area contributed by atoms with E-state index in [1.807, 2.05) is 0 Å². The number of amides is 4. The Kier molecular flexibility index (Phi) is 7.38. The van der Waals surface area contributed by atoms with Gasteiger partial charge in [0.2, 0.25) is 0 Å². The highest BCUT2D eigenvalue weighted by Gasteiger charge is 2.35. The summed E-state index contributed by atoms with van der Waals surface area (Å²) in [5.41, 5.74) is 1.61. The minimum Gasteiger partial charge on any atom is -0.368 e. The second-order valence-electron chi connectivity index (χ2n) is 9.14. The molecule has 3 aliphatic rings. The molecule has 0 radical (unpaired) electrons. The molecule has 0 aromatic heterocycles. The van der Waals surface area contributed by atoms with E-state index < -0.39 is 17.0 Å². The van der Waals surface area contributed by atoms with Crippen LogP contribution in [0, 0.1) is 5.82 Å². The van der Waals surface area contributed by atoms with Gasteiger partial charge >= 0.3 is 0 Å². The Labute approximate surface area is 218 Å². The molecule has 2 aromatic carbocycles. The fourth-order valence-electron chi connectivity index (χ4n) is 4.66. The maximum absolute atomic E-state index is 13.5. The first kappa shape index (κ1) is 25.2. The van der Waals surface area contributed by atoms with Gasteiger partial charge in [0.25, 0.3) is 23.0 Å². The maximum Gasteiger partial charge on any atom is 0.293 e. The standard InChI is InChI=1S/C27H26FN3O5S/c28-21-7-2-5-19(15-21)17-31-26(34)23(37-27(31)35)16-18-4-1-6-20(14-18)24(32)29-9-11-30(12-10-29)25(33)22-8-3-13-36-22/h1-2,4-7,14-16,22H,3,8-13,17H2/b23-16-. The molecule has 0 spiro atoms. The molecule has 2 aromatic rings. The maximum atomic E-state index is 13.5. The van der Waals surface area contributed by atoms with Crippen molar-refractivity contribution in [1.29, 1.82) is 0 Å². The second-order valence-corrected chi connectivity index (χ2v) is 10.1. The quantitative estimate of drug-likeness (QED) is 0.558. The summed E-state index contributed by atoms with van der Waals surface area (Å²) in [6, 6.07) is 12.7. The molecular formula is C27H26FN3O5S. The molecule has 3 fully saturated rings. The summed E-state index contributed by atoms with van der Waals surface area (Å²) < 4.78 is 19.0. The molecule has 0 aliphatic carbocycles. The molecule has 37 heavy (non-hydrogen) atoms. The summed E-state index contributed by atoms with van der Waals surface area (Å²) in [6.45, 7) is 2.39. The monoisotopic (exact) mass is 523 g/mol. The van der Waals surface area contributed by atoms with Crippen molar-refractivity contribution in [3.05, 3.63) is 75.9 Å². The van der Waals surface area contributed by atoms with Crippen LogP contribution in [-0.4, -0.2) is 76.6 Å². The van der Waals surface area contributed by atoms with E-state index in [0.717, 1.165) is 29.5 Å². The van der Waals surface area contributed by atoms with Crippen molar-refractivity contribution in [2.45, 2.75) is 25.5 Å². The van der Waals surface area contributed by atoms with Crippen LogP contribution < -0.4 is 0 Å². The van der Waals surface area contributed by atoms with Crippen molar-refractivity contribution in [2.24, 2.45) is 0 Å². The van der Waals surface area contributed by atoms with E-state index in [4.69, 9.17) is 4.74 Å². The van der Waals surface area contributed by atoms with Gasteiger partial charge in [0, 0.05) is 38.3 Å². The number of nitrogens with zero attached hydrogens (tertiary/aromatic N) is 3. The molecule has 1 atom stereocenters. The van der Waals surface area contributed by atoms with E-state index in [-0.39, 0.29) is 29.4 Å². The first-order chi connectivity index (χ1) is 17.9. The normalized spacial score (nSPS) is 21.3. The molecule has 5 rings (SSSR count). The zero-order valence-corrected chi connectivity index (χ0v) is 20.9. The van der Waals surface area contributed by atoms with E-state index in [1.54, 1.807) is 46.2 Å². The lowest BCUT2D eigenvalue weighted by Gasteiger charge is -2.35. The van der Waals surface area contributed by atoms with Crippen LogP contribution in [0.3, 0.4) is 0 Å². The highest BCUT2D eigenvalue weighted by molar-refractivity contribution is 8.18. The largest absolute Gasteiger partial charge is 0.368 e. The molecule has 1 unspecified atom stereocenters. The first-order valence-corrected chi connectivity index (χ1v) is 13.0. The topological polar surface area (TPSA) is 87.2 Å². The van der Waals surface area contributed by atoms with E-state index >= 15 is 0 Å². The van der Waals surface area contributed by atoms with Gasteiger partial charge in [-0.05, 0) is 66.1 Å². The van der Waals surface area contributed by atoms with Crippen molar-refractivity contribution < 1.29 is 28.3 Å². The SMILES string of the molecule is O=C(c1cccc(/C=C2\SC(=O)N(Cc3cccc(F)c3)C2=O)c1)N1CCN(C(=O)C2CCCO2)CC1. The molecular weight excluding hydrogens is 497 g/mol. The lowest BCUT2D eigenvalue weighted by atomic mass is 10.1. The number of imide groups is 1. The summed E-state index contributed by atoms with van der Waals surface area (Å²) in [6.07, 6.45) is 2.87. The minimum absolute atomic E-state index is 0.00191. The molecule has 3 saturated heterocycles. The van der Waals surface area contributed by atoms with Crippen LogP contribution in [0.25, 0.3) is 6.08 Å². The molecule has 0 saturated carbocycles. The average Bonchev–Trinajstić information content (AvgIpc) is 3.53. The van der Waals surface area contributed by atoms with Gasteiger partial charge in [0.15, 0.2) is 0 Å². The third-order valence-electron chi connectivity index (χ3n) is 6.62. The van der Waals surface area contributed by atoms with Crippen molar-refractivity contribution >= 4 is 40.8 Å². The highest BCUT2D eigenvalue weighted by atomic mass is 32.2. The summed E-state index contributed by atoms with van der Waals surface area (Å²) in [7, 11) is 0. The molecule has 3 aliphatic heterocycles. The molecule has 3 heterocycles. The molecule has 192 valence electrons. The van der Waals surface area contributed by atoms with Gasteiger partial charge in [-0.2, -0.15) is 0 Å². The predicted octanol–water partition coefficient (Wildman–Crippen LogP) is 3.53. The van der Waals surface area contributed by atoms with Crippen molar-refractivity contribution in [3.8, 4) is 0 Å². The number of rotatable bonds is 5. The third kappa shape index (κ3) is 5.60. The third-order valence-corrected chi connectivity index (χ3v) is 7.53. The van der Waals surface area contributed by atoms with Gasteiger partial charge in [-0.15, -0.1) is 0 Å². The van der Waals surface area contributed by atoms with Crippen LogP contribution in [0.2, 0.25) is 0 Å². The number of carbonyl (C=O) groups is 4. The number of carbonyl (C=O) groups excluding carboxylic acids is 4. The van der Waals surface area contributed by atoms with Crippen LogP contribution in [0.5, 0.6) is 0 Å². The van der Waals surface area contributed by atoms with Gasteiger partial charge in [0.05, 0.1) is 11.4 Å². The van der Waals surface area contributed by atoms with E-state index in [2.05, 4.69) is 0 Å². The number of hydrogen-bond donors (Lipinski definition) is 0. The number of thioether (sulfide) groups is 1. The van der Waals surface area contributed by atoms with Crippen molar-refractivity contribution in [2.75, 3.05) is 32.8 Å². The number of benzene rings is 2. The lowest BCUT2D eigenvalue weighted by molar-refractivity contribution is -0.142. The molecule has 8 nitrogen and oxygen atoms in total. The zero-order valence-electron chi connectivity index (χ0n) is 20.1. The first-order valence-electron chi connectivity index (χ1n) is 12.2. The van der Waals surface area contributed by atoms with Gasteiger partial charge in [-0.25, -0.2) is 4.39 Å². The van der Waals surface area contributed by atoms with Gasteiger partial charge in [-0.3, -0.25) is 24.1 Å². The Morgan fingerprint density at radius 1 is 1.03 bits per heavy atom. The summed E-state index contributed by atoms with van der Waals surface area (Å²) in [4.78, 5) is 55.8. The van der Waals surface area contributed by atoms with Gasteiger partial charge in [0.1, 0.15) is 11.9 Å². The lowest BCUT2D eigenvalue weighted by Crippen LogP contribution is -2.52. The predicted molar refractivity (Wildman–Crippen MR) is 136 cm³/mol. The summed E-state index contributed by atoms with van der Waals surface area (Å²) in [5.74, 6) is -1.04. The molecule has 0 N–H and O–H groups in total. The summed E-state index contributed by atoms with van der Waals surface area (Å²) in [5, 5.41) is -0.428. The number of hydrogen-bond acceptors (Lipinski definition) is 6. The number of ether oxygens (including phenoxy) is 1. The Bertz CT molecular complexity index is 1270. The Hall–Kier alpha value is -3.50. The molecule has 0 bridgehead atoms. The van der Waals surface area contributed by atoms with Crippen LogP contribution in [-0.2, 0) is 20.9 Å². The van der Waals surface area contributed by atoms with E-state index in [1.165, 1.54) is 18.2 Å². The number of halogens is 1. The zero-order chi connectivity index (χ0) is 25.9. The molecule has 4 amide bonds. The fourth-order valence-corrected chi connectivity index (χ4v) is 5.49. The van der Waals surface area contributed by atoms with Crippen LogP contribution >= 0.6 is 11.8 Å². The van der Waals surface area contributed by atoms with Crippen LogP contribution in [0.15, 0.2) is 53.4 Å². The van der Waals surface area contributed by atoms with Crippen LogP contribution in [0.1, 0.15) is 34.3 Å². The van der Waals surface area contributed by atoms with E-state index in [9.17, 15) is 23.6 Å². The van der Waals surface area contributed by atoms with Crippen molar-refractivity contribution in [3.63, 3.8) is 0 Å². The second kappa shape index (κ2) is 10.9.